The highest BCUT2D eigenvalue weighted by Gasteiger charge is 2.43. The van der Waals surface area contributed by atoms with Crippen LogP contribution in [0.15, 0.2) is 36.4 Å². The first-order chi connectivity index (χ1) is 12.7. The van der Waals surface area contributed by atoms with Crippen LogP contribution in [0.3, 0.4) is 0 Å². The van der Waals surface area contributed by atoms with Gasteiger partial charge in [0.1, 0.15) is 5.75 Å². The van der Waals surface area contributed by atoms with E-state index in [1.54, 1.807) is 13.2 Å². The van der Waals surface area contributed by atoms with Crippen LogP contribution in [-0.2, 0) is 13.9 Å². The van der Waals surface area contributed by atoms with Crippen LogP contribution < -0.4 is 4.74 Å². The molecular formula is C21H34O5Si. The second-order valence-corrected chi connectivity index (χ2v) is 13.2. The third-order valence-corrected chi connectivity index (χ3v) is 9.91. The second kappa shape index (κ2) is 9.34. The Morgan fingerprint density at radius 1 is 1.19 bits per heavy atom. The van der Waals surface area contributed by atoms with Gasteiger partial charge >= 0.3 is 0 Å². The normalized spacial score (nSPS) is 24.3. The Bertz CT molecular complexity index is 606. The summed E-state index contributed by atoms with van der Waals surface area (Å²) in [6, 6.07) is 7.72. The topological polar surface area (TPSA) is 57.2 Å². The monoisotopic (exact) mass is 394 g/mol. The Morgan fingerprint density at radius 2 is 1.85 bits per heavy atom. The van der Waals surface area contributed by atoms with Crippen molar-refractivity contribution in [1.82, 2.24) is 0 Å². The minimum absolute atomic E-state index is 0.0267. The molecule has 0 aliphatic carbocycles. The van der Waals surface area contributed by atoms with E-state index in [2.05, 4.69) is 33.9 Å². The predicted molar refractivity (Wildman–Crippen MR) is 109 cm³/mol. The molecule has 1 saturated heterocycles. The standard InChI is InChI=1S/C21H34O5Si/c1-21(2,3)27(5,6)26-19-15-24-20(25-18(19)9-7-8-14-22)16-10-12-17(23-4)13-11-16/h7-8,10-13,18-20,22H,9,14-15H2,1-6H3/b8-7+/t18-,19+,20+/m0/s1. The molecule has 1 fully saturated rings. The molecule has 1 aromatic rings. The molecule has 2 rings (SSSR count). The Hall–Kier alpha value is -1.18. The molecule has 1 heterocycles. The molecule has 6 heteroatoms. The maximum Gasteiger partial charge on any atom is 0.192 e. The molecule has 1 aliphatic rings. The fourth-order valence-corrected chi connectivity index (χ4v) is 4.02. The maximum absolute atomic E-state index is 9.05. The second-order valence-electron chi connectivity index (χ2n) is 8.42. The van der Waals surface area contributed by atoms with E-state index in [1.165, 1.54) is 0 Å². The number of ether oxygens (including phenoxy) is 3. The van der Waals surface area contributed by atoms with E-state index in [9.17, 15) is 0 Å². The smallest absolute Gasteiger partial charge is 0.192 e. The molecule has 0 amide bonds. The fourth-order valence-electron chi connectivity index (χ4n) is 2.69. The quantitative estimate of drug-likeness (QED) is 0.547. The number of rotatable bonds is 7. The van der Waals surface area contributed by atoms with E-state index in [1.807, 2.05) is 30.3 Å². The fraction of sp³-hybridized carbons (Fsp3) is 0.619. The maximum atomic E-state index is 9.05. The third kappa shape index (κ3) is 5.89. The number of aliphatic hydroxyl groups excluding tert-OH is 1. The summed E-state index contributed by atoms with van der Waals surface area (Å²) in [5.74, 6) is 0.802. The van der Waals surface area contributed by atoms with Crippen LogP contribution in [0.1, 0.15) is 39.0 Å². The van der Waals surface area contributed by atoms with Gasteiger partial charge in [0.05, 0.1) is 32.5 Å². The van der Waals surface area contributed by atoms with Gasteiger partial charge in [0.25, 0.3) is 0 Å². The van der Waals surface area contributed by atoms with Gasteiger partial charge in [-0.3, -0.25) is 0 Å². The Labute approximate surface area is 164 Å². The number of methoxy groups -OCH3 is 1. The summed E-state index contributed by atoms with van der Waals surface area (Å²) in [7, 11) is -0.298. The number of benzene rings is 1. The van der Waals surface area contributed by atoms with Gasteiger partial charge in [-0.2, -0.15) is 0 Å². The molecular weight excluding hydrogens is 360 g/mol. The molecule has 0 bridgehead atoms. The van der Waals surface area contributed by atoms with Crippen LogP contribution >= 0.6 is 0 Å². The van der Waals surface area contributed by atoms with E-state index in [0.717, 1.165) is 11.3 Å². The van der Waals surface area contributed by atoms with Crippen LogP contribution in [0.4, 0.5) is 0 Å². The van der Waals surface area contributed by atoms with Crippen LogP contribution in [0.5, 0.6) is 5.75 Å². The van der Waals surface area contributed by atoms with Gasteiger partial charge in [-0.1, -0.05) is 45.1 Å². The highest BCUT2D eigenvalue weighted by atomic mass is 28.4. The summed E-state index contributed by atoms with van der Waals surface area (Å²) in [4.78, 5) is 0. The van der Waals surface area contributed by atoms with Gasteiger partial charge in [-0.15, -0.1) is 0 Å². The van der Waals surface area contributed by atoms with Crippen molar-refractivity contribution in [3.8, 4) is 5.75 Å². The van der Waals surface area contributed by atoms with E-state index in [4.69, 9.17) is 23.7 Å². The molecule has 27 heavy (non-hydrogen) atoms. The van der Waals surface area contributed by atoms with Crippen LogP contribution in [0.2, 0.25) is 18.1 Å². The summed E-state index contributed by atoms with van der Waals surface area (Å²) in [5, 5.41) is 9.16. The first-order valence-electron chi connectivity index (χ1n) is 9.52. The minimum atomic E-state index is -1.95. The van der Waals surface area contributed by atoms with Crippen molar-refractivity contribution in [2.24, 2.45) is 0 Å². The first-order valence-corrected chi connectivity index (χ1v) is 12.4. The zero-order valence-corrected chi connectivity index (χ0v) is 18.4. The van der Waals surface area contributed by atoms with Crippen molar-refractivity contribution in [3.05, 3.63) is 42.0 Å². The molecule has 0 saturated carbocycles. The van der Waals surface area contributed by atoms with Crippen LogP contribution in [0, 0.1) is 0 Å². The Balaban J connectivity index is 2.13. The SMILES string of the molecule is COc1ccc([C@@H]2OC[C@@H](O[Si](C)(C)C(C)(C)C)[C@H](C/C=C/CO)O2)cc1. The molecule has 3 atom stereocenters. The van der Waals surface area contributed by atoms with E-state index in [-0.39, 0.29) is 23.9 Å². The van der Waals surface area contributed by atoms with Gasteiger partial charge in [0.15, 0.2) is 14.6 Å². The molecule has 0 radical (unpaired) electrons. The molecule has 0 unspecified atom stereocenters. The van der Waals surface area contributed by atoms with Crippen molar-refractivity contribution < 1.29 is 23.7 Å². The summed E-state index contributed by atoms with van der Waals surface area (Å²) in [5.41, 5.74) is 0.956. The highest BCUT2D eigenvalue weighted by molar-refractivity contribution is 6.74. The Kier molecular flexibility index (Phi) is 7.65. The van der Waals surface area contributed by atoms with Crippen molar-refractivity contribution in [2.75, 3.05) is 20.3 Å². The van der Waals surface area contributed by atoms with E-state index >= 15 is 0 Å². The summed E-state index contributed by atoms with van der Waals surface area (Å²) in [6.45, 7) is 11.7. The largest absolute Gasteiger partial charge is 0.497 e. The number of aliphatic hydroxyl groups is 1. The molecule has 1 aliphatic heterocycles. The zero-order chi connectivity index (χ0) is 20.1. The average Bonchev–Trinajstić information content (AvgIpc) is 2.62. The average molecular weight is 395 g/mol. The lowest BCUT2D eigenvalue weighted by molar-refractivity contribution is -0.252. The molecule has 152 valence electrons. The van der Waals surface area contributed by atoms with Crippen molar-refractivity contribution in [3.63, 3.8) is 0 Å². The van der Waals surface area contributed by atoms with Crippen molar-refractivity contribution in [1.29, 1.82) is 0 Å². The molecule has 0 spiro atoms. The van der Waals surface area contributed by atoms with Gasteiger partial charge < -0.3 is 23.7 Å². The highest BCUT2D eigenvalue weighted by Crippen LogP contribution is 2.39. The predicted octanol–water partition coefficient (Wildman–Crippen LogP) is 4.44. The Morgan fingerprint density at radius 3 is 2.41 bits per heavy atom. The van der Waals surface area contributed by atoms with Crippen LogP contribution in [0.25, 0.3) is 0 Å². The first kappa shape index (κ1) is 22.1. The van der Waals surface area contributed by atoms with Crippen LogP contribution in [-0.4, -0.2) is 46.0 Å². The van der Waals surface area contributed by atoms with E-state index < -0.39 is 14.6 Å². The minimum Gasteiger partial charge on any atom is -0.497 e. The van der Waals surface area contributed by atoms with Gasteiger partial charge in [-0.25, -0.2) is 0 Å². The van der Waals surface area contributed by atoms with E-state index in [0.29, 0.717) is 13.0 Å². The van der Waals surface area contributed by atoms with Gasteiger partial charge in [0.2, 0.25) is 0 Å². The summed E-state index contributed by atoms with van der Waals surface area (Å²) < 4.78 is 24.1. The molecule has 1 aromatic carbocycles. The zero-order valence-electron chi connectivity index (χ0n) is 17.4. The number of hydrogen-bond acceptors (Lipinski definition) is 5. The van der Waals surface area contributed by atoms with Crippen molar-refractivity contribution >= 4 is 8.32 Å². The molecule has 5 nitrogen and oxygen atoms in total. The molecule has 1 N–H and O–H groups in total. The third-order valence-electron chi connectivity index (χ3n) is 5.41. The summed E-state index contributed by atoms with van der Waals surface area (Å²) in [6.07, 6.45) is 3.69. The molecule has 0 aromatic heterocycles. The lowest BCUT2D eigenvalue weighted by atomic mass is 10.1. The van der Waals surface area contributed by atoms with Gasteiger partial charge in [0, 0.05) is 5.56 Å². The van der Waals surface area contributed by atoms with Crippen molar-refractivity contribution in [2.45, 2.75) is 63.8 Å². The lowest BCUT2D eigenvalue weighted by Gasteiger charge is -2.44. The summed E-state index contributed by atoms with van der Waals surface area (Å²) >= 11 is 0. The van der Waals surface area contributed by atoms with Gasteiger partial charge in [-0.05, 0) is 36.7 Å². The lowest BCUT2D eigenvalue weighted by Crippen LogP contribution is -2.51. The number of hydrogen-bond donors (Lipinski definition) is 1.